The first-order valence-corrected chi connectivity index (χ1v) is 11.8. The number of aromatic carboxylic acids is 1. The molecule has 0 unspecified atom stereocenters. The maximum Gasteiger partial charge on any atom is 0.410 e. The van der Waals surface area contributed by atoms with Crippen LogP contribution >= 0.6 is 11.6 Å². The van der Waals surface area contributed by atoms with Crippen LogP contribution in [0.5, 0.6) is 0 Å². The van der Waals surface area contributed by atoms with E-state index >= 15 is 0 Å². The summed E-state index contributed by atoms with van der Waals surface area (Å²) in [6, 6.07) is 15.3. The number of halogens is 1. The first-order valence-electron chi connectivity index (χ1n) is 11.4. The van der Waals surface area contributed by atoms with Crippen molar-refractivity contribution in [1.29, 1.82) is 0 Å². The largest absolute Gasteiger partial charge is 0.478 e. The second-order valence-electron chi connectivity index (χ2n) is 9.55. The highest BCUT2D eigenvalue weighted by Gasteiger charge is 2.29. The van der Waals surface area contributed by atoms with Gasteiger partial charge in [-0.25, -0.2) is 9.59 Å². The number of likely N-dealkylation sites (tertiary alicyclic amines) is 1. The lowest BCUT2D eigenvalue weighted by atomic mass is 10.0. The van der Waals surface area contributed by atoms with Crippen LogP contribution in [-0.4, -0.2) is 58.2 Å². The van der Waals surface area contributed by atoms with Crippen molar-refractivity contribution in [3.05, 3.63) is 70.2 Å². The summed E-state index contributed by atoms with van der Waals surface area (Å²) >= 11 is 6.02. The smallest absolute Gasteiger partial charge is 0.410 e. The summed E-state index contributed by atoms with van der Waals surface area (Å²) in [7, 11) is 0. The lowest BCUT2D eigenvalue weighted by molar-refractivity contribution is 0.0138. The summed E-state index contributed by atoms with van der Waals surface area (Å²) < 4.78 is 5.53. The predicted molar refractivity (Wildman–Crippen MR) is 130 cm³/mol. The highest BCUT2D eigenvalue weighted by atomic mass is 35.5. The topological polar surface area (TPSA) is 70.1 Å². The van der Waals surface area contributed by atoms with Crippen LogP contribution in [0, 0.1) is 0 Å². The molecule has 1 fully saturated rings. The van der Waals surface area contributed by atoms with E-state index in [0.717, 1.165) is 42.9 Å². The Balaban J connectivity index is 1.66. The Labute approximate surface area is 201 Å². The van der Waals surface area contributed by atoms with Crippen LogP contribution in [0.15, 0.2) is 48.5 Å². The Morgan fingerprint density at radius 1 is 1.03 bits per heavy atom. The van der Waals surface area contributed by atoms with Gasteiger partial charge in [0.05, 0.1) is 5.56 Å². The summed E-state index contributed by atoms with van der Waals surface area (Å²) in [5.41, 5.74) is 2.08. The standard InChI is InChI=1S/C26H33ClN2O4/c1-26(2,3)33-25(32)28-16-13-23(14-17-28)29(15-12-19-6-10-22(27)11-7-19)18-20-4-8-21(9-5-20)24(30)31/h4-11,23H,12-18H2,1-3H3,(H,30,31). The molecule has 6 nitrogen and oxygen atoms in total. The number of ether oxygens (including phenoxy) is 1. The van der Waals surface area contributed by atoms with Crippen molar-refractivity contribution in [2.45, 2.75) is 58.2 Å². The van der Waals surface area contributed by atoms with E-state index in [1.54, 1.807) is 17.0 Å². The fraction of sp³-hybridized carbons (Fsp3) is 0.462. The number of carboxylic acid groups (broad SMARTS) is 1. The fourth-order valence-corrected chi connectivity index (χ4v) is 4.17. The van der Waals surface area contributed by atoms with Crippen molar-refractivity contribution in [3.63, 3.8) is 0 Å². The van der Waals surface area contributed by atoms with Crippen molar-refractivity contribution >= 4 is 23.7 Å². The Kier molecular flexibility index (Phi) is 8.38. The molecule has 3 rings (SSSR count). The van der Waals surface area contributed by atoms with E-state index in [0.29, 0.717) is 19.1 Å². The van der Waals surface area contributed by atoms with Crippen LogP contribution in [0.2, 0.25) is 5.02 Å². The lowest BCUT2D eigenvalue weighted by Gasteiger charge is -2.39. The molecule has 1 amide bonds. The van der Waals surface area contributed by atoms with Crippen LogP contribution < -0.4 is 0 Å². The van der Waals surface area contributed by atoms with Gasteiger partial charge in [0.25, 0.3) is 0 Å². The molecule has 1 aliphatic rings. The molecule has 7 heteroatoms. The average Bonchev–Trinajstić information content (AvgIpc) is 2.77. The molecular formula is C26H33ClN2O4. The van der Waals surface area contributed by atoms with Crippen LogP contribution in [-0.2, 0) is 17.7 Å². The zero-order chi connectivity index (χ0) is 24.0. The van der Waals surface area contributed by atoms with Gasteiger partial charge >= 0.3 is 12.1 Å². The van der Waals surface area contributed by atoms with Gasteiger partial charge in [0.2, 0.25) is 0 Å². The number of carbonyl (C=O) groups excluding carboxylic acids is 1. The SMILES string of the molecule is CC(C)(C)OC(=O)N1CCC(N(CCc2ccc(Cl)cc2)Cc2ccc(C(=O)O)cc2)CC1. The molecular weight excluding hydrogens is 440 g/mol. The second kappa shape index (κ2) is 11.0. The van der Waals surface area contributed by atoms with Gasteiger partial charge in [0.1, 0.15) is 5.60 Å². The van der Waals surface area contributed by atoms with Crippen molar-refractivity contribution in [2.24, 2.45) is 0 Å². The number of nitrogens with zero attached hydrogens (tertiary/aromatic N) is 2. The molecule has 0 atom stereocenters. The van der Waals surface area contributed by atoms with E-state index in [-0.39, 0.29) is 11.7 Å². The highest BCUT2D eigenvalue weighted by Crippen LogP contribution is 2.22. The third kappa shape index (κ3) is 7.76. The zero-order valence-corrected chi connectivity index (χ0v) is 20.3. The second-order valence-corrected chi connectivity index (χ2v) is 9.98. The van der Waals surface area contributed by atoms with Gasteiger partial charge < -0.3 is 14.7 Å². The predicted octanol–water partition coefficient (Wildman–Crippen LogP) is 5.48. The third-order valence-corrected chi connectivity index (χ3v) is 6.07. The maximum atomic E-state index is 12.4. The number of rotatable bonds is 7. The number of amides is 1. The van der Waals surface area contributed by atoms with Crippen molar-refractivity contribution in [1.82, 2.24) is 9.80 Å². The van der Waals surface area contributed by atoms with E-state index in [2.05, 4.69) is 4.90 Å². The highest BCUT2D eigenvalue weighted by molar-refractivity contribution is 6.30. The molecule has 1 saturated heterocycles. The van der Waals surface area contributed by atoms with Gasteiger partial charge in [-0.1, -0.05) is 35.9 Å². The normalized spacial score (nSPS) is 15.0. The van der Waals surface area contributed by atoms with Gasteiger partial charge in [-0.15, -0.1) is 0 Å². The molecule has 2 aromatic rings. The molecule has 0 saturated carbocycles. The van der Waals surface area contributed by atoms with E-state index in [1.807, 2.05) is 57.2 Å². The number of carboxylic acids is 1. The molecule has 1 aliphatic heterocycles. The van der Waals surface area contributed by atoms with Crippen LogP contribution in [0.4, 0.5) is 4.79 Å². The van der Waals surface area contributed by atoms with E-state index in [9.17, 15) is 9.59 Å². The third-order valence-electron chi connectivity index (χ3n) is 5.82. The monoisotopic (exact) mass is 472 g/mol. The summed E-state index contributed by atoms with van der Waals surface area (Å²) in [4.78, 5) is 27.8. The molecule has 33 heavy (non-hydrogen) atoms. The number of benzene rings is 2. The average molecular weight is 473 g/mol. The lowest BCUT2D eigenvalue weighted by Crippen LogP contribution is -2.48. The first-order chi connectivity index (χ1) is 15.6. The number of hydrogen-bond acceptors (Lipinski definition) is 4. The molecule has 1 heterocycles. The quantitative estimate of drug-likeness (QED) is 0.577. The molecule has 0 aromatic heterocycles. The Bertz CT molecular complexity index is 930. The molecule has 0 radical (unpaired) electrons. The minimum atomic E-state index is -0.921. The molecule has 2 aromatic carbocycles. The summed E-state index contributed by atoms with van der Waals surface area (Å²) in [6.07, 6.45) is 2.37. The Morgan fingerprint density at radius 2 is 1.61 bits per heavy atom. The van der Waals surface area contributed by atoms with Crippen molar-refractivity contribution < 1.29 is 19.4 Å². The fourth-order valence-electron chi connectivity index (χ4n) is 4.04. The van der Waals surface area contributed by atoms with E-state index in [4.69, 9.17) is 21.4 Å². The summed E-state index contributed by atoms with van der Waals surface area (Å²) in [5.74, 6) is -0.921. The van der Waals surface area contributed by atoms with Crippen LogP contribution in [0.25, 0.3) is 0 Å². The Morgan fingerprint density at radius 3 is 2.15 bits per heavy atom. The first kappa shape index (κ1) is 25.1. The van der Waals surface area contributed by atoms with Crippen LogP contribution in [0.3, 0.4) is 0 Å². The van der Waals surface area contributed by atoms with Gasteiger partial charge in [0.15, 0.2) is 0 Å². The maximum absolute atomic E-state index is 12.4. The minimum Gasteiger partial charge on any atom is -0.478 e. The van der Waals surface area contributed by atoms with Crippen molar-refractivity contribution in [3.8, 4) is 0 Å². The molecule has 0 aliphatic carbocycles. The molecule has 0 bridgehead atoms. The molecule has 178 valence electrons. The van der Waals surface area contributed by atoms with Gasteiger partial charge in [0, 0.05) is 37.2 Å². The van der Waals surface area contributed by atoms with Gasteiger partial charge in [-0.2, -0.15) is 0 Å². The molecule has 1 N–H and O–H groups in total. The van der Waals surface area contributed by atoms with E-state index < -0.39 is 11.6 Å². The summed E-state index contributed by atoms with van der Waals surface area (Å²) in [5, 5.41) is 9.89. The number of piperidine rings is 1. The van der Waals surface area contributed by atoms with Gasteiger partial charge in [-0.3, -0.25) is 4.90 Å². The minimum absolute atomic E-state index is 0.252. The summed E-state index contributed by atoms with van der Waals surface area (Å²) in [6.45, 7) is 8.55. The van der Waals surface area contributed by atoms with Gasteiger partial charge in [-0.05, 0) is 75.4 Å². The zero-order valence-electron chi connectivity index (χ0n) is 19.6. The number of carbonyl (C=O) groups is 2. The number of hydrogen-bond donors (Lipinski definition) is 1. The van der Waals surface area contributed by atoms with E-state index in [1.165, 1.54) is 5.56 Å². The molecule has 0 spiro atoms. The Hall–Kier alpha value is -2.57. The van der Waals surface area contributed by atoms with Crippen LogP contribution in [0.1, 0.15) is 55.1 Å². The van der Waals surface area contributed by atoms with Crippen molar-refractivity contribution in [2.75, 3.05) is 19.6 Å².